The van der Waals surface area contributed by atoms with Gasteiger partial charge in [0.25, 0.3) is 0 Å². The average Bonchev–Trinajstić information content (AvgIpc) is 2.86. The number of hydrogen-bond acceptors (Lipinski definition) is 3. The smallest absolute Gasteiger partial charge is 0.228 e. The maximum Gasteiger partial charge on any atom is 0.228 e. The molecule has 21 heavy (non-hydrogen) atoms. The van der Waals surface area contributed by atoms with Crippen LogP contribution in [-0.2, 0) is 0 Å². The molecule has 0 amide bonds. The zero-order chi connectivity index (χ0) is 15.1. The monoisotopic (exact) mass is 319 g/mol. The Bertz CT molecular complexity index is 845. The predicted molar refractivity (Wildman–Crippen MR) is 85.3 cm³/mol. The van der Waals surface area contributed by atoms with Gasteiger partial charge in [-0.2, -0.15) is 0 Å². The van der Waals surface area contributed by atoms with Crippen molar-refractivity contribution >= 4 is 45.6 Å². The van der Waals surface area contributed by atoms with E-state index < -0.39 is 0 Å². The molecule has 2 N–H and O–H groups in total. The Labute approximate surface area is 131 Å². The van der Waals surface area contributed by atoms with Crippen molar-refractivity contribution in [3.05, 3.63) is 63.3 Å². The lowest BCUT2D eigenvalue weighted by Gasteiger charge is -2.04. The van der Waals surface area contributed by atoms with E-state index in [1.54, 1.807) is 6.07 Å². The Balaban J connectivity index is 2.08. The number of halogens is 2. The van der Waals surface area contributed by atoms with Gasteiger partial charge in [0, 0.05) is 10.9 Å². The van der Waals surface area contributed by atoms with Crippen LogP contribution in [-0.4, -0.2) is 5.78 Å². The number of aryl methyl sites for hydroxylation is 1. The molecule has 2 aromatic carbocycles. The number of ketones is 1. The summed E-state index contributed by atoms with van der Waals surface area (Å²) in [5.74, 6) is -0.0415. The molecule has 1 aromatic heterocycles. The molecule has 5 heteroatoms. The van der Waals surface area contributed by atoms with E-state index in [9.17, 15) is 4.79 Å². The van der Waals surface area contributed by atoms with E-state index in [-0.39, 0.29) is 27.3 Å². The van der Waals surface area contributed by atoms with Crippen LogP contribution in [0.5, 0.6) is 0 Å². The highest BCUT2D eigenvalue weighted by Gasteiger charge is 2.17. The number of rotatable bonds is 2. The van der Waals surface area contributed by atoms with Gasteiger partial charge >= 0.3 is 0 Å². The SMILES string of the molecule is Cc1ccc2oc(C(=O)c3cc(Cl)c(N)c(Cl)c3)cc2c1. The second kappa shape index (κ2) is 5.10. The lowest BCUT2D eigenvalue weighted by molar-refractivity contribution is 0.101. The minimum atomic E-state index is -0.285. The third-order valence-corrected chi connectivity index (χ3v) is 3.86. The molecule has 3 rings (SSSR count). The highest BCUT2D eigenvalue weighted by Crippen LogP contribution is 2.30. The zero-order valence-corrected chi connectivity index (χ0v) is 12.6. The van der Waals surface area contributed by atoms with Gasteiger partial charge in [0.15, 0.2) is 5.76 Å². The quantitative estimate of drug-likeness (QED) is 0.542. The minimum Gasteiger partial charge on any atom is -0.453 e. The Hall–Kier alpha value is -1.97. The number of carbonyl (C=O) groups excluding carboxylic acids is 1. The van der Waals surface area contributed by atoms with Crippen LogP contribution in [0.15, 0.2) is 40.8 Å². The van der Waals surface area contributed by atoms with Gasteiger partial charge in [-0.05, 0) is 37.3 Å². The average molecular weight is 320 g/mol. The highest BCUT2D eigenvalue weighted by atomic mass is 35.5. The Morgan fingerprint density at radius 3 is 2.43 bits per heavy atom. The third kappa shape index (κ3) is 2.50. The van der Waals surface area contributed by atoms with Gasteiger partial charge in [0.1, 0.15) is 5.58 Å². The normalized spacial score (nSPS) is 11.0. The summed E-state index contributed by atoms with van der Waals surface area (Å²) in [6.07, 6.45) is 0. The number of hydrogen-bond donors (Lipinski definition) is 1. The van der Waals surface area contributed by atoms with E-state index in [1.165, 1.54) is 12.1 Å². The first kappa shape index (κ1) is 14.0. The topological polar surface area (TPSA) is 56.2 Å². The summed E-state index contributed by atoms with van der Waals surface area (Å²) in [7, 11) is 0. The fraction of sp³-hybridized carbons (Fsp3) is 0.0625. The van der Waals surface area contributed by atoms with Crippen LogP contribution in [0.1, 0.15) is 21.7 Å². The van der Waals surface area contributed by atoms with Crippen LogP contribution in [0.3, 0.4) is 0 Å². The number of anilines is 1. The number of carbonyl (C=O) groups is 1. The zero-order valence-electron chi connectivity index (χ0n) is 11.1. The molecule has 0 unspecified atom stereocenters. The lowest BCUT2D eigenvalue weighted by atomic mass is 10.1. The molecule has 0 radical (unpaired) electrons. The first-order valence-corrected chi connectivity index (χ1v) is 7.01. The molecule has 0 saturated carbocycles. The van der Waals surface area contributed by atoms with E-state index >= 15 is 0 Å². The molecule has 0 spiro atoms. The number of nitrogen functional groups attached to an aromatic ring is 1. The van der Waals surface area contributed by atoms with Crippen LogP contribution in [0.4, 0.5) is 5.69 Å². The maximum absolute atomic E-state index is 12.5. The summed E-state index contributed by atoms with van der Waals surface area (Å²) in [5.41, 5.74) is 8.03. The molecule has 0 aliphatic heterocycles. The molecule has 0 saturated heterocycles. The second-order valence-corrected chi connectivity index (χ2v) is 5.65. The third-order valence-electron chi connectivity index (χ3n) is 3.24. The summed E-state index contributed by atoms with van der Waals surface area (Å²) < 4.78 is 5.58. The number of benzene rings is 2. The fourth-order valence-electron chi connectivity index (χ4n) is 2.13. The van der Waals surface area contributed by atoms with Crippen molar-refractivity contribution in [1.82, 2.24) is 0 Å². The molecule has 0 bridgehead atoms. The second-order valence-electron chi connectivity index (χ2n) is 4.83. The Morgan fingerprint density at radius 1 is 1.10 bits per heavy atom. The van der Waals surface area contributed by atoms with E-state index in [1.807, 2.05) is 25.1 Å². The van der Waals surface area contributed by atoms with Gasteiger partial charge in [-0.1, -0.05) is 34.8 Å². The van der Waals surface area contributed by atoms with Gasteiger partial charge in [0.05, 0.1) is 15.7 Å². The minimum absolute atomic E-state index is 0.243. The van der Waals surface area contributed by atoms with Crippen molar-refractivity contribution in [3.8, 4) is 0 Å². The van der Waals surface area contributed by atoms with Crippen molar-refractivity contribution in [2.24, 2.45) is 0 Å². The van der Waals surface area contributed by atoms with Crippen molar-refractivity contribution < 1.29 is 9.21 Å². The molecule has 3 nitrogen and oxygen atoms in total. The van der Waals surface area contributed by atoms with Crippen LogP contribution in [0.2, 0.25) is 10.0 Å². The lowest BCUT2D eigenvalue weighted by Crippen LogP contribution is -2.01. The molecule has 0 fully saturated rings. The predicted octanol–water partition coefficient (Wildman–Crippen LogP) is 4.86. The van der Waals surface area contributed by atoms with Crippen molar-refractivity contribution in [2.75, 3.05) is 5.73 Å². The molecular weight excluding hydrogens is 309 g/mol. The molecule has 1 heterocycles. The van der Waals surface area contributed by atoms with E-state index in [0.717, 1.165) is 10.9 Å². The van der Waals surface area contributed by atoms with Gasteiger partial charge in [0.2, 0.25) is 5.78 Å². The molecule has 0 aliphatic carbocycles. The summed E-state index contributed by atoms with van der Waals surface area (Å²) >= 11 is 11.9. The number of fused-ring (bicyclic) bond motifs is 1. The van der Waals surface area contributed by atoms with Gasteiger partial charge in [-0.3, -0.25) is 4.79 Å². The van der Waals surface area contributed by atoms with E-state index in [2.05, 4.69) is 0 Å². The molecular formula is C16H11Cl2NO2. The largest absolute Gasteiger partial charge is 0.453 e. The summed E-state index contributed by atoms with van der Waals surface area (Å²) in [4.78, 5) is 12.5. The van der Waals surface area contributed by atoms with Crippen LogP contribution in [0, 0.1) is 6.92 Å². The number of nitrogens with two attached hydrogens (primary N) is 1. The van der Waals surface area contributed by atoms with Gasteiger partial charge < -0.3 is 10.2 Å². The summed E-state index contributed by atoms with van der Waals surface area (Å²) in [6.45, 7) is 1.98. The van der Waals surface area contributed by atoms with Gasteiger partial charge in [-0.15, -0.1) is 0 Å². The number of furan rings is 1. The molecule has 106 valence electrons. The standard InChI is InChI=1S/C16H11Cl2NO2/c1-8-2-3-13-9(4-8)7-14(21-13)16(20)10-5-11(17)15(19)12(18)6-10/h2-7H,19H2,1H3. The van der Waals surface area contributed by atoms with Crippen molar-refractivity contribution in [3.63, 3.8) is 0 Å². The maximum atomic E-state index is 12.5. The first-order valence-electron chi connectivity index (χ1n) is 6.25. The Morgan fingerprint density at radius 2 is 1.76 bits per heavy atom. The molecule has 0 atom stereocenters. The molecule has 3 aromatic rings. The van der Waals surface area contributed by atoms with Crippen LogP contribution < -0.4 is 5.73 Å². The summed E-state index contributed by atoms with van der Waals surface area (Å²) in [5, 5.41) is 1.38. The van der Waals surface area contributed by atoms with Crippen LogP contribution in [0.25, 0.3) is 11.0 Å². The highest BCUT2D eigenvalue weighted by molar-refractivity contribution is 6.39. The van der Waals surface area contributed by atoms with Crippen molar-refractivity contribution in [1.29, 1.82) is 0 Å². The molecule has 0 aliphatic rings. The fourth-order valence-corrected chi connectivity index (χ4v) is 2.62. The van der Waals surface area contributed by atoms with E-state index in [4.69, 9.17) is 33.4 Å². The first-order chi connectivity index (χ1) is 9.95. The van der Waals surface area contributed by atoms with E-state index in [0.29, 0.717) is 11.1 Å². The van der Waals surface area contributed by atoms with Gasteiger partial charge in [-0.25, -0.2) is 0 Å². The van der Waals surface area contributed by atoms with Crippen LogP contribution >= 0.6 is 23.2 Å². The Kier molecular flexibility index (Phi) is 3.40. The van der Waals surface area contributed by atoms with Crippen molar-refractivity contribution in [2.45, 2.75) is 6.92 Å². The summed E-state index contributed by atoms with van der Waals surface area (Å²) in [6, 6.07) is 10.4.